The Morgan fingerprint density at radius 2 is 1.59 bits per heavy atom. The van der Waals surface area contributed by atoms with Crippen LogP contribution in [0.2, 0.25) is 0 Å². The second-order valence-electron chi connectivity index (χ2n) is 5.52. The summed E-state index contributed by atoms with van der Waals surface area (Å²) in [5, 5.41) is 8.93. The Kier molecular flexibility index (Phi) is 4.82. The summed E-state index contributed by atoms with van der Waals surface area (Å²) in [4.78, 5) is 4.99. The summed E-state index contributed by atoms with van der Waals surface area (Å²) in [6.45, 7) is 6.49. The van der Waals surface area contributed by atoms with Gasteiger partial charge in [0.05, 0.1) is 12.1 Å². The van der Waals surface area contributed by atoms with E-state index in [1.165, 1.54) is 38.5 Å². The molecule has 1 unspecified atom stereocenters. The van der Waals surface area contributed by atoms with E-state index in [-0.39, 0.29) is 6.04 Å². The number of piperazine rings is 1. The van der Waals surface area contributed by atoms with Crippen LogP contribution in [0.25, 0.3) is 0 Å². The molecule has 1 heterocycles. The van der Waals surface area contributed by atoms with E-state index in [0.29, 0.717) is 0 Å². The Hall–Kier alpha value is -0.590. The largest absolute Gasteiger partial charge is 0.298 e. The lowest BCUT2D eigenvalue weighted by atomic mass is 10.1. The van der Waals surface area contributed by atoms with Crippen molar-refractivity contribution in [1.29, 1.82) is 5.26 Å². The van der Waals surface area contributed by atoms with Crippen molar-refractivity contribution in [2.75, 3.05) is 26.2 Å². The van der Waals surface area contributed by atoms with Crippen LogP contribution in [0.3, 0.4) is 0 Å². The Morgan fingerprint density at radius 3 is 2.12 bits per heavy atom. The molecule has 0 amide bonds. The summed E-state index contributed by atoms with van der Waals surface area (Å²) in [6, 6.07) is 3.27. The molecule has 0 aromatic heterocycles. The van der Waals surface area contributed by atoms with Gasteiger partial charge in [0.15, 0.2) is 0 Å². The van der Waals surface area contributed by atoms with Crippen molar-refractivity contribution in [1.82, 2.24) is 9.80 Å². The lowest BCUT2D eigenvalue weighted by molar-refractivity contribution is 0.0799. The van der Waals surface area contributed by atoms with Crippen molar-refractivity contribution in [2.24, 2.45) is 0 Å². The van der Waals surface area contributed by atoms with Crippen molar-refractivity contribution in [3.05, 3.63) is 0 Å². The first-order chi connectivity index (χ1) is 8.31. The summed E-state index contributed by atoms with van der Waals surface area (Å²) in [5.41, 5.74) is 0. The third kappa shape index (κ3) is 3.43. The highest BCUT2D eigenvalue weighted by Crippen LogP contribution is 2.23. The fourth-order valence-corrected chi connectivity index (χ4v) is 3.19. The Labute approximate surface area is 105 Å². The molecule has 2 rings (SSSR count). The summed E-state index contributed by atoms with van der Waals surface area (Å²) >= 11 is 0. The fourth-order valence-electron chi connectivity index (χ4n) is 3.19. The van der Waals surface area contributed by atoms with Gasteiger partial charge in [-0.2, -0.15) is 5.26 Å². The average Bonchev–Trinajstić information content (AvgIpc) is 2.67. The van der Waals surface area contributed by atoms with Crippen LogP contribution in [0, 0.1) is 11.3 Å². The van der Waals surface area contributed by atoms with E-state index >= 15 is 0 Å². The molecule has 1 aliphatic heterocycles. The first kappa shape index (κ1) is 12.9. The van der Waals surface area contributed by atoms with Crippen LogP contribution in [0.1, 0.15) is 45.4 Å². The predicted octanol–water partition coefficient (Wildman–Crippen LogP) is 2.24. The molecule has 1 saturated heterocycles. The van der Waals surface area contributed by atoms with E-state index in [9.17, 15) is 0 Å². The first-order valence-corrected chi connectivity index (χ1v) is 7.19. The third-order valence-corrected chi connectivity index (χ3v) is 4.42. The smallest absolute Gasteiger partial charge is 0.0950 e. The Morgan fingerprint density at radius 1 is 1.00 bits per heavy atom. The molecule has 0 radical (unpaired) electrons. The molecule has 1 atom stereocenters. The lowest BCUT2D eigenvalue weighted by Gasteiger charge is -2.40. The SMILES string of the molecule is CC(C#N)N1CCN(C2CCCCCC2)CC1. The van der Waals surface area contributed by atoms with Gasteiger partial charge in [-0.3, -0.25) is 9.80 Å². The highest BCUT2D eigenvalue weighted by atomic mass is 15.3. The van der Waals surface area contributed by atoms with Gasteiger partial charge in [0.1, 0.15) is 0 Å². The molecule has 96 valence electrons. The molecule has 2 fully saturated rings. The van der Waals surface area contributed by atoms with Gasteiger partial charge in [-0.05, 0) is 19.8 Å². The molecule has 0 spiro atoms. The molecular weight excluding hydrogens is 210 g/mol. The van der Waals surface area contributed by atoms with E-state index in [0.717, 1.165) is 32.2 Å². The van der Waals surface area contributed by atoms with Gasteiger partial charge in [-0.1, -0.05) is 25.7 Å². The normalized spacial score (nSPS) is 27.3. The maximum atomic E-state index is 8.93. The predicted molar refractivity (Wildman–Crippen MR) is 69.7 cm³/mol. The Balaban J connectivity index is 1.80. The van der Waals surface area contributed by atoms with Crippen molar-refractivity contribution >= 4 is 0 Å². The highest BCUT2D eigenvalue weighted by Gasteiger charge is 2.26. The van der Waals surface area contributed by atoms with Crippen LogP contribution in [0.5, 0.6) is 0 Å². The van der Waals surface area contributed by atoms with Crippen molar-refractivity contribution < 1.29 is 0 Å². The minimum atomic E-state index is 0.0892. The molecule has 2 aliphatic rings. The van der Waals surface area contributed by atoms with Gasteiger partial charge in [0.25, 0.3) is 0 Å². The van der Waals surface area contributed by atoms with Gasteiger partial charge in [0.2, 0.25) is 0 Å². The van der Waals surface area contributed by atoms with Gasteiger partial charge >= 0.3 is 0 Å². The second kappa shape index (κ2) is 6.37. The summed E-state index contributed by atoms with van der Waals surface area (Å²) in [5.74, 6) is 0. The van der Waals surface area contributed by atoms with Crippen molar-refractivity contribution in [3.63, 3.8) is 0 Å². The summed E-state index contributed by atoms with van der Waals surface area (Å²) in [7, 11) is 0. The number of nitrogens with zero attached hydrogens (tertiary/aromatic N) is 3. The number of hydrogen-bond donors (Lipinski definition) is 0. The molecule has 1 saturated carbocycles. The van der Waals surface area contributed by atoms with Gasteiger partial charge in [-0.15, -0.1) is 0 Å². The molecule has 1 aliphatic carbocycles. The van der Waals surface area contributed by atoms with E-state index in [1.807, 2.05) is 6.92 Å². The zero-order valence-electron chi connectivity index (χ0n) is 11.1. The molecule has 0 bridgehead atoms. The van der Waals surface area contributed by atoms with Gasteiger partial charge < -0.3 is 0 Å². The third-order valence-electron chi connectivity index (χ3n) is 4.42. The van der Waals surface area contributed by atoms with E-state index in [2.05, 4.69) is 15.9 Å². The standard InChI is InChI=1S/C14H25N3/c1-13(12-15)16-8-10-17(11-9-16)14-6-4-2-3-5-7-14/h13-14H,2-11H2,1H3. The molecule has 3 heteroatoms. The summed E-state index contributed by atoms with van der Waals surface area (Å²) < 4.78 is 0. The maximum absolute atomic E-state index is 8.93. The van der Waals surface area contributed by atoms with E-state index < -0.39 is 0 Å². The van der Waals surface area contributed by atoms with Crippen LogP contribution in [0.4, 0.5) is 0 Å². The van der Waals surface area contributed by atoms with Crippen LogP contribution in [0.15, 0.2) is 0 Å². The number of rotatable bonds is 2. The van der Waals surface area contributed by atoms with Crippen LogP contribution in [-0.4, -0.2) is 48.1 Å². The average molecular weight is 235 g/mol. The molecule has 0 aromatic rings. The molecule has 0 aromatic carbocycles. The topological polar surface area (TPSA) is 30.3 Å². The first-order valence-electron chi connectivity index (χ1n) is 7.19. The van der Waals surface area contributed by atoms with E-state index in [1.54, 1.807) is 0 Å². The zero-order chi connectivity index (χ0) is 12.1. The maximum Gasteiger partial charge on any atom is 0.0950 e. The monoisotopic (exact) mass is 235 g/mol. The molecular formula is C14H25N3. The van der Waals surface area contributed by atoms with Crippen LogP contribution >= 0.6 is 0 Å². The molecule has 0 N–H and O–H groups in total. The number of nitriles is 1. The fraction of sp³-hybridized carbons (Fsp3) is 0.929. The zero-order valence-corrected chi connectivity index (χ0v) is 11.1. The summed E-state index contributed by atoms with van der Waals surface area (Å²) in [6.07, 6.45) is 8.49. The minimum Gasteiger partial charge on any atom is -0.298 e. The highest BCUT2D eigenvalue weighted by molar-refractivity contribution is 4.91. The molecule has 3 nitrogen and oxygen atoms in total. The molecule has 17 heavy (non-hydrogen) atoms. The lowest BCUT2D eigenvalue weighted by Crippen LogP contribution is -2.52. The van der Waals surface area contributed by atoms with E-state index in [4.69, 9.17) is 5.26 Å². The van der Waals surface area contributed by atoms with Crippen molar-refractivity contribution in [2.45, 2.75) is 57.5 Å². The van der Waals surface area contributed by atoms with Crippen LogP contribution in [-0.2, 0) is 0 Å². The van der Waals surface area contributed by atoms with Crippen LogP contribution < -0.4 is 0 Å². The second-order valence-corrected chi connectivity index (χ2v) is 5.52. The van der Waals surface area contributed by atoms with Crippen molar-refractivity contribution in [3.8, 4) is 6.07 Å². The number of hydrogen-bond acceptors (Lipinski definition) is 3. The van der Waals surface area contributed by atoms with Gasteiger partial charge in [-0.25, -0.2) is 0 Å². The minimum absolute atomic E-state index is 0.0892. The van der Waals surface area contributed by atoms with Gasteiger partial charge in [0, 0.05) is 32.2 Å². The quantitative estimate of drug-likeness (QED) is 0.688. The Bertz CT molecular complexity index is 255.